The van der Waals surface area contributed by atoms with Gasteiger partial charge in [0.15, 0.2) is 0 Å². The summed E-state index contributed by atoms with van der Waals surface area (Å²) in [6, 6.07) is 0. The van der Waals surface area contributed by atoms with Crippen LogP contribution in [0.5, 0.6) is 0 Å². The summed E-state index contributed by atoms with van der Waals surface area (Å²) in [6.07, 6.45) is 0.979. The van der Waals surface area contributed by atoms with Crippen LogP contribution in [-0.4, -0.2) is 19.1 Å². The van der Waals surface area contributed by atoms with Gasteiger partial charge in [-0.15, -0.1) is 0 Å². The molecule has 0 unspecified atom stereocenters. The van der Waals surface area contributed by atoms with Crippen molar-refractivity contribution in [1.82, 2.24) is 0 Å². The second-order valence-corrected chi connectivity index (χ2v) is 2.70. The molecule has 3 nitrogen and oxygen atoms in total. The van der Waals surface area contributed by atoms with Crippen molar-refractivity contribution in [3.63, 3.8) is 0 Å². The number of nitrogens with two attached hydrogens (primary N) is 1. The van der Waals surface area contributed by atoms with Gasteiger partial charge in [-0.25, -0.2) is 0 Å². The standard InChI is InChI=1S/C7H15NO2/c1-6(2)3-4-10-5-7(8)9/h6H,3-5H2,1-2H3,(H2,8,9). The Bertz CT molecular complexity index is 102. The first-order chi connectivity index (χ1) is 4.63. The van der Waals surface area contributed by atoms with Crippen molar-refractivity contribution < 1.29 is 9.53 Å². The third-order valence-electron chi connectivity index (χ3n) is 1.08. The molecule has 0 aromatic rings. The molecular formula is C7H15NO2. The average molecular weight is 145 g/mol. The minimum Gasteiger partial charge on any atom is -0.372 e. The highest BCUT2D eigenvalue weighted by atomic mass is 16.5. The maximum absolute atomic E-state index is 10.1. The molecule has 0 aromatic carbocycles. The second kappa shape index (κ2) is 5.23. The lowest BCUT2D eigenvalue weighted by atomic mass is 10.1. The maximum Gasteiger partial charge on any atom is 0.243 e. The van der Waals surface area contributed by atoms with Crippen molar-refractivity contribution in [2.75, 3.05) is 13.2 Å². The SMILES string of the molecule is CC(C)CCOCC(N)=O. The monoisotopic (exact) mass is 145 g/mol. The summed E-state index contributed by atoms with van der Waals surface area (Å²) in [6.45, 7) is 4.88. The molecule has 0 aliphatic carbocycles. The van der Waals surface area contributed by atoms with Gasteiger partial charge >= 0.3 is 0 Å². The van der Waals surface area contributed by atoms with E-state index in [4.69, 9.17) is 10.5 Å². The van der Waals surface area contributed by atoms with E-state index in [0.717, 1.165) is 6.42 Å². The molecule has 0 fully saturated rings. The van der Waals surface area contributed by atoms with E-state index in [0.29, 0.717) is 12.5 Å². The Hall–Kier alpha value is -0.570. The molecule has 0 saturated carbocycles. The summed E-state index contributed by atoms with van der Waals surface area (Å²) < 4.78 is 4.93. The van der Waals surface area contributed by atoms with Crippen LogP contribution in [0, 0.1) is 5.92 Å². The zero-order valence-electron chi connectivity index (χ0n) is 6.59. The van der Waals surface area contributed by atoms with Crippen LogP contribution in [0.2, 0.25) is 0 Å². The highest BCUT2D eigenvalue weighted by molar-refractivity contribution is 5.74. The Morgan fingerprint density at radius 2 is 2.20 bits per heavy atom. The fourth-order valence-electron chi connectivity index (χ4n) is 0.492. The molecule has 0 rings (SSSR count). The first-order valence-electron chi connectivity index (χ1n) is 3.49. The number of amides is 1. The quantitative estimate of drug-likeness (QED) is 0.574. The number of hydrogen-bond acceptors (Lipinski definition) is 2. The molecule has 0 saturated heterocycles. The molecule has 60 valence electrons. The average Bonchev–Trinajstić information content (AvgIpc) is 1.79. The van der Waals surface area contributed by atoms with Crippen LogP contribution in [0.15, 0.2) is 0 Å². The predicted octanol–water partition coefficient (Wildman–Crippen LogP) is 0.534. The molecule has 0 aromatic heterocycles. The lowest BCUT2D eigenvalue weighted by Gasteiger charge is -2.03. The Balaban J connectivity index is 2.98. The number of primary amides is 1. The zero-order chi connectivity index (χ0) is 7.98. The van der Waals surface area contributed by atoms with Crippen molar-refractivity contribution in [3.8, 4) is 0 Å². The van der Waals surface area contributed by atoms with Crippen LogP contribution in [0.4, 0.5) is 0 Å². The molecule has 0 radical (unpaired) electrons. The number of hydrogen-bond donors (Lipinski definition) is 1. The summed E-state index contributed by atoms with van der Waals surface area (Å²) in [5.41, 5.74) is 4.85. The fourth-order valence-corrected chi connectivity index (χ4v) is 0.492. The highest BCUT2D eigenvalue weighted by Crippen LogP contribution is 1.97. The van der Waals surface area contributed by atoms with Gasteiger partial charge in [0.25, 0.3) is 0 Å². The van der Waals surface area contributed by atoms with Gasteiger partial charge < -0.3 is 10.5 Å². The minimum absolute atomic E-state index is 0.0483. The summed E-state index contributed by atoms with van der Waals surface area (Å²) in [7, 11) is 0. The number of carbonyl (C=O) groups excluding carboxylic acids is 1. The van der Waals surface area contributed by atoms with Crippen LogP contribution >= 0.6 is 0 Å². The predicted molar refractivity (Wildman–Crippen MR) is 39.5 cm³/mol. The van der Waals surface area contributed by atoms with E-state index in [1.807, 2.05) is 0 Å². The molecule has 1 amide bonds. The van der Waals surface area contributed by atoms with Crippen LogP contribution in [0.3, 0.4) is 0 Å². The third kappa shape index (κ3) is 7.43. The highest BCUT2D eigenvalue weighted by Gasteiger charge is 1.95. The maximum atomic E-state index is 10.1. The summed E-state index contributed by atoms with van der Waals surface area (Å²) in [5.74, 6) is 0.219. The Morgan fingerprint density at radius 1 is 1.60 bits per heavy atom. The largest absolute Gasteiger partial charge is 0.372 e. The molecule has 0 aliphatic heterocycles. The number of carbonyl (C=O) groups is 1. The Labute approximate surface area is 61.5 Å². The number of rotatable bonds is 5. The molecule has 2 N–H and O–H groups in total. The van der Waals surface area contributed by atoms with Crippen molar-refractivity contribution >= 4 is 5.91 Å². The lowest BCUT2D eigenvalue weighted by molar-refractivity contribution is -0.122. The van der Waals surface area contributed by atoms with E-state index in [1.165, 1.54) is 0 Å². The van der Waals surface area contributed by atoms with Gasteiger partial charge in [-0.05, 0) is 12.3 Å². The Morgan fingerprint density at radius 3 is 2.60 bits per heavy atom. The third-order valence-corrected chi connectivity index (χ3v) is 1.08. The van der Waals surface area contributed by atoms with Crippen molar-refractivity contribution in [2.45, 2.75) is 20.3 Å². The first kappa shape index (κ1) is 9.43. The van der Waals surface area contributed by atoms with Gasteiger partial charge in [-0.3, -0.25) is 4.79 Å². The second-order valence-electron chi connectivity index (χ2n) is 2.70. The molecular weight excluding hydrogens is 130 g/mol. The zero-order valence-corrected chi connectivity index (χ0v) is 6.59. The van der Waals surface area contributed by atoms with E-state index >= 15 is 0 Å². The van der Waals surface area contributed by atoms with Gasteiger partial charge in [-0.2, -0.15) is 0 Å². The van der Waals surface area contributed by atoms with Gasteiger partial charge in [0, 0.05) is 6.61 Å². The van der Waals surface area contributed by atoms with Gasteiger partial charge in [0.2, 0.25) is 5.91 Å². The van der Waals surface area contributed by atoms with Crippen LogP contribution in [0.25, 0.3) is 0 Å². The summed E-state index contributed by atoms with van der Waals surface area (Å²) in [4.78, 5) is 10.1. The molecule has 3 heteroatoms. The van der Waals surface area contributed by atoms with E-state index in [9.17, 15) is 4.79 Å². The van der Waals surface area contributed by atoms with Crippen LogP contribution < -0.4 is 5.73 Å². The van der Waals surface area contributed by atoms with Gasteiger partial charge in [-0.1, -0.05) is 13.8 Å². The summed E-state index contributed by atoms with van der Waals surface area (Å²) >= 11 is 0. The summed E-state index contributed by atoms with van der Waals surface area (Å²) in [5, 5.41) is 0. The number of ether oxygens (including phenoxy) is 1. The van der Waals surface area contributed by atoms with E-state index in [-0.39, 0.29) is 6.61 Å². The van der Waals surface area contributed by atoms with Crippen LogP contribution in [0.1, 0.15) is 20.3 Å². The van der Waals surface area contributed by atoms with Gasteiger partial charge in [0.05, 0.1) is 0 Å². The van der Waals surface area contributed by atoms with E-state index in [2.05, 4.69) is 13.8 Å². The normalized spacial score (nSPS) is 10.3. The first-order valence-corrected chi connectivity index (χ1v) is 3.49. The molecule has 0 heterocycles. The van der Waals surface area contributed by atoms with Gasteiger partial charge in [0.1, 0.15) is 6.61 Å². The molecule has 10 heavy (non-hydrogen) atoms. The molecule has 0 aliphatic rings. The topological polar surface area (TPSA) is 52.3 Å². The minimum atomic E-state index is -0.399. The van der Waals surface area contributed by atoms with E-state index < -0.39 is 5.91 Å². The Kier molecular flexibility index (Phi) is 4.94. The lowest BCUT2D eigenvalue weighted by Crippen LogP contribution is -2.18. The molecule has 0 bridgehead atoms. The molecule has 0 atom stereocenters. The van der Waals surface area contributed by atoms with E-state index in [1.54, 1.807) is 0 Å². The molecule has 0 spiro atoms. The smallest absolute Gasteiger partial charge is 0.243 e. The fraction of sp³-hybridized carbons (Fsp3) is 0.857. The van der Waals surface area contributed by atoms with Crippen molar-refractivity contribution in [3.05, 3.63) is 0 Å². The van der Waals surface area contributed by atoms with Crippen molar-refractivity contribution in [1.29, 1.82) is 0 Å². The van der Waals surface area contributed by atoms with Crippen molar-refractivity contribution in [2.24, 2.45) is 11.7 Å². The van der Waals surface area contributed by atoms with Crippen LogP contribution in [-0.2, 0) is 9.53 Å².